The Labute approximate surface area is 117 Å². The van der Waals surface area contributed by atoms with Crippen molar-refractivity contribution >= 4 is 11.3 Å². The fourth-order valence-corrected chi connectivity index (χ4v) is 3.17. The number of thiophene rings is 1. The predicted molar refractivity (Wildman–Crippen MR) is 77.4 cm³/mol. The Balaban J connectivity index is 2.47. The number of hydrogen-bond donors (Lipinski definition) is 1. The van der Waals surface area contributed by atoms with Crippen molar-refractivity contribution in [3.63, 3.8) is 0 Å². The Hall–Kier alpha value is -1.52. The fraction of sp³-hybridized carbons (Fsp3) is 0.333. The first kappa shape index (κ1) is 13.9. The van der Waals surface area contributed by atoms with Crippen LogP contribution in [0.2, 0.25) is 0 Å². The minimum Gasteiger partial charge on any atom is -0.497 e. The molecule has 0 fully saturated rings. The van der Waals surface area contributed by atoms with Crippen molar-refractivity contribution in [1.29, 1.82) is 0 Å². The lowest BCUT2D eigenvalue weighted by atomic mass is 10.0. The van der Waals surface area contributed by atoms with Gasteiger partial charge in [-0.05, 0) is 43.7 Å². The van der Waals surface area contributed by atoms with Gasteiger partial charge in [0.15, 0.2) is 0 Å². The number of benzene rings is 1. The molecular formula is C15H18O3S. The van der Waals surface area contributed by atoms with Crippen LogP contribution in [-0.4, -0.2) is 19.3 Å². The fourth-order valence-electron chi connectivity index (χ4n) is 2.13. The van der Waals surface area contributed by atoms with E-state index in [1.807, 2.05) is 32.0 Å². The summed E-state index contributed by atoms with van der Waals surface area (Å²) in [6.07, 6.45) is -0.691. The van der Waals surface area contributed by atoms with E-state index in [1.165, 1.54) is 4.88 Å². The third kappa shape index (κ3) is 2.74. The molecule has 1 atom stereocenters. The SMILES string of the molecule is COc1ccc(OC)c(C(O)c2sc(C)cc2C)c1. The molecule has 0 spiro atoms. The smallest absolute Gasteiger partial charge is 0.125 e. The average Bonchev–Trinajstić information content (AvgIpc) is 2.76. The lowest BCUT2D eigenvalue weighted by Gasteiger charge is -2.15. The molecular weight excluding hydrogens is 260 g/mol. The molecule has 1 heterocycles. The van der Waals surface area contributed by atoms with Gasteiger partial charge < -0.3 is 14.6 Å². The minimum absolute atomic E-state index is 0.666. The molecule has 2 aromatic rings. The molecule has 102 valence electrons. The van der Waals surface area contributed by atoms with Crippen LogP contribution in [-0.2, 0) is 0 Å². The van der Waals surface area contributed by atoms with Crippen molar-refractivity contribution < 1.29 is 14.6 Å². The Morgan fingerprint density at radius 3 is 2.37 bits per heavy atom. The number of rotatable bonds is 4. The molecule has 0 saturated carbocycles. The number of ether oxygens (including phenoxy) is 2. The van der Waals surface area contributed by atoms with Crippen LogP contribution in [0.4, 0.5) is 0 Å². The summed E-state index contributed by atoms with van der Waals surface area (Å²) in [4.78, 5) is 2.14. The maximum atomic E-state index is 10.6. The second-order valence-corrected chi connectivity index (χ2v) is 5.70. The second kappa shape index (κ2) is 5.63. The molecule has 0 aliphatic rings. The van der Waals surface area contributed by atoms with Crippen LogP contribution >= 0.6 is 11.3 Å². The van der Waals surface area contributed by atoms with E-state index >= 15 is 0 Å². The molecule has 0 radical (unpaired) electrons. The van der Waals surface area contributed by atoms with Gasteiger partial charge in [0.05, 0.1) is 14.2 Å². The van der Waals surface area contributed by atoms with Crippen LogP contribution in [0.1, 0.15) is 27.0 Å². The van der Waals surface area contributed by atoms with Crippen molar-refractivity contribution in [2.45, 2.75) is 20.0 Å². The van der Waals surface area contributed by atoms with Gasteiger partial charge in [-0.25, -0.2) is 0 Å². The molecule has 1 aromatic carbocycles. The van der Waals surface area contributed by atoms with Gasteiger partial charge in [-0.3, -0.25) is 0 Å². The first-order valence-corrected chi connectivity index (χ1v) is 6.85. The van der Waals surface area contributed by atoms with Crippen molar-refractivity contribution in [1.82, 2.24) is 0 Å². The van der Waals surface area contributed by atoms with Crippen molar-refractivity contribution in [3.05, 3.63) is 45.1 Å². The zero-order valence-electron chi connectivity index (χ0n) is 11.6. The van der Waals surface area contributed by atoms with Crippen molar-refractivity contribution in [2.24, 2.45) is 0 Å². The topological polar surface area (TPSA) is 38.7 Å². The maximum Gasteiger partial charge on any atom is 0.125 e. The summed E-state index contributed by atoms with van der Waals surface area (Å²) in [6.45, 7) is 4.05. The highest BCUT2D eigenvalue weighted by atomic mass is 32.1. The molecule has 0 aliphatic carbocycles. The van der Waals surface area contributed by atoms with E-state index in [0.29, 0.717) is 11.5 Å². The third-order valence-electron chi connectivity index (χ3n) is 3.06. The summed E-state index contributed by atoms with van der Waals surface area (Å²) in [5.74, 6) is 1.37. The summed E-state index contributed by atoms with van der Waals surface area (Å²) >= 11 is 1.60. The molecule has 19 heavy (non-hydrogen) atoms. The Morgan fingerprint density at radius 2 is 1.84 bits per heavy atom. The number of hydrogen-bond acceptors (Lipinski definition) is 4. The van der Waals surface area contributed by atoms with Crippen LogP contribution in [0, 0.1) is 13.8 Å². The van der Waals surface area contributed by atoms with Gasteiger partial charge >= 0.3 is 0 Å². The first-order chi connectivity index (χ1) is 9.06. The van der Waals surface area contributed by atoms with E-state index < -0.39 is 6.10 Å². The van der Waals surface area contributed by atoms with Crippen LogP contribution in [0.15, 0.2) is 24.3 Å². The number of methoxy groups -OCH3 is 2. The lowest BCUT2D eigenvalue weighted by molar-refractivity contribution is 0.217. The zero-order valence-corrected chi connectivity index (χ0v) is 12.4. The van der Waals surface area contributed by atoms with Crippen LogP contribution < -0.4 is 9.47 Å². The summed E-state index contributed by atoms with van der Waals surface area (Å²) in [7, 11) is 3.21. The minimum atomic E-state index is -0.691. The van der Waals surface area contributed by atoms with E-state index in [1.54, 1.807) is 25.6 Å². The lowest BCUT2D eigenvalue weighted by Crippen LogP contribution is -2.02. The molecule has 0 aliphatic heterocycles. The zero-order chi connectivity index (χ0) is 14.0. The monoisotopic (exact) mass is 278 g/mol. The number of aliphatic hydroxyl groups excluding tert-OH is 1. The van der Waals surface area contributed by atoms with E-state index in [2.05, 4.69) is 6.07 Å². The second-order valence-electron chi connectivity index (χ2n) is 4.41. The summed E-state index contributed by atoms with van der Waals surface area (Å²) in [5.41, 5.74) is 1.83. The third-order valence-corrected chi connectivity index (χ3v) is 4.26. The van der Waals surface area contributed by atoms with Gasteiger partial charge in [0.2, 0.25) is 0 Å². The van der Waals surface area contributed by atoms with Crippen LogP contribution in [0.5, 0.6) is 11.5 Å². The predicted octanol–water partition coefficient (Wildman–Crippen LogP) is 3.46. The first-order valence-electron chi connectivity index (χ1n) is 6.03. The Bertz CT molecular complexity index is 575. The molecule has 0 amide bonds. The van der Waals surface area contributed by atoms with Gasteiger partial charge in [0.25, 0.3) is 0 Å². The molecule has 0 saturated heterocycles. The molecule has 0 bridgehead atoms. The standard InChI is InChI=1S/C15H18O3S/c1-9-7-10(2)19-15(9)14(16)12-8-11(17-3)5-6-13(12)18-4/h5-8,14,16H,1-4H3. The quantitative estimate of drug-likeness (QED) is 0.930. The Kier molecular flexibility index (Phi) is 4.12. The summed E-state index contributed by atoms with van der Waals surface area (Å²) in [5, 5.41) is 10.6. The molecule has 3 nitrogen and oxygen atoms in total. The molecule has 4 heteroatoms. The van der Waals surface area contributed by atoms with E-state index in [0.717, 1.165) is 16.0 Å². The van der Waals surface area contributed by atoms with Gasteiger partial charge in [0.1, 0.15) is 17.6 Å². The highest BCUT2D eigenvalue weighted by Gasteiger charge is 2.20. The molecule has 1 N–H and O–H groups in total. The molecule has 1 aromatic heterocycles. The highest BCUT2D eigenvalue weighted by molar-refractivity contribution is 7.12. The molecule has 2 rings (SSSR count). The number of aryl methyl sites for hydroxylation is 2. The summed E-state index contributed by atoms with van der Waals surface area (Å²) < 4.78 is 10.5. The largest absolute Gasteiger partial charge is 0.497 e. The van der Waals surface area contributed by atoms with Crippen molar-refractivity contribution in [2.75, 3.05) is 14.2 Å². The van der Waals surface area contributed by atoms with Gasteiger partial charge in [-0.2, -0.15) is 0 Å². The van der Waals surface area contributed by atoms with Crippen molar-refractivity contribution in [3.8, 4) is 11.5 Å². The summed E-state index contributed by atoms with van der Waals surface area (Å²) in [6, 6.07) is 7.53. The van der Waals surface area contributed by atoms with E-state index in [4.69, 9.17) is 9.47 Å². The van der Waals surface area contributed by atoms with E-state index in [-0.39, 0.29) is 0 Å². The molecule has 1 unspecified atom stereocenters. The highest BCUT2D eigenvalue weighted by Crippen LogP contribution is 2.37. The average molecular weight is 278 g/mol. The van der Waals surface area contributed by atoms with Gasteiger partial charge in [-0.15, -0.1) is 11.3 Å². The van der Waals surface area contributed by atoms with Crippen LogP contribution in [0.25, 0.3) is 0 Å². The number of aliphatic hydroxyl groups is 1. The van der Waals surface area contributed by atoms with E-state index in [9.17, 15) is 5.11 Å². The van der Waals surface area contributed by atoms with Gasteiger partial charge in [0, 0.05) is 15.3 Å². The van der Waals surface area contributed by atoms with Crippen LogP contribution in [0.3, 0.4) is 0 Å². The van der Waals surface area contributed by atoms with Gasteiger partial charge in [-0.1, -0.05) is 0 Å². The maximum absolute atomic E-state index is 10.6. The normalized spacial score (nSPS) is 12.3. The Morgan fingerprint density at radius 1 is 1.11 bits per heavy atom.